The number of carbonyl (C=O) groups is 1. The molecule has 2 rings (SSSR count). The molecule has 1 nitrogen and oxygen atoms in total. The molecule has 0 aliphatic heterocycles. The van der Waals surface area contributed by atoms with Gasteiger partial charge in [-0.05, 0) is 42.3 Å². The van der Waals surface area contributed by atoms with Crippen LogP contribution in [0.25, 0.3) is 0 Å². The Morgan fingerprint density at radius 3 is 2.61 bits per heavy atom. The van der Waals surface area contributed by atoms with Gasteiger partial charge in [-0.15, -0.1) is 0 Å². The van der Waals surface area contributed by atoms with E-state index in [1.165, 1.54) is 10.5 Å². The molecule has 18 heavy (non-hydrogen) atoms. The largest absolute Gasteiger partial charge is 0.298 e. The maximum atomic E-state index is 10.7. The van der Waals surface area contributed by atoms with Crippen molar-refractivity contribution >= 4 is 29.6 Å². The highest BCUT2D eigenvalue weighted by atomic mass is 35.5. The first-order chi connectivity index (χ1) is 8.72. The smallest absolute Gasteiger partial charge is 0.151 e. The van der Waals surface area contributed by atoms with Crippen molar-refractivity contribution in [3.63, 3.8) is 0 Å². The lowest BCUT2D eigenvalue weighted by molar-refractivity contribution is 0.112. The minimum Gasteiger partial charge on any atom is -0.298 e. The SMILES string of the molecule is CCc1cccc(Sc2ccc(C=O)c(Cl)c2)c1. The van der Waals surface area contributed by atoms with E-state index in [4.69, 9.17) is 11.6 Å². The topological polar surface area (TPSA) is 17.1 Å². The van der Waals surface area contributed by atoms with Crippen molar-refractivity contribution < 1.29 is 4.79 Å². The lowest BCUT2D eigenvalue weighted by Crippen LogP contribution is -1.83. The Hall–Kier alpha value is -1.25. The molecule has 2 aromatic carbocycles. The highest BCUT2D eigenvalue weighted by molar-refractivity contribution is 7.99. The molecule has 0 unspecified atom stereocenters. The van der Waals surface area contributed by atoms with E-state index in [9.17, 15) is 4.79 Å². The van der Waals surface area contributed by atoms with Gasteiger partial charge < -0.3 is 0 Å². The summed E-state index contributed by atoms with van der Waals surface area (Å²) in [6.45, 7) is 2.14. The second-order valence-electron chi connectivity index (χ2n) is 3.90. The summed E-state index contributed by atoms with van der Waals surface area (Å²) in [4.78, 5) is 12.9. The van der Waals surface area contributed by atoms with E-state index in [0.29, 0.717) is 10.6 Å². The Balaban J connectivity index is 2.22. The van der Waals surface area contributed by atoms with Crippen LogP contribution in [0, 0.1) is 0 Å². The maximum absolute atomic E-state index is 10.7. The van der Waals surface area contributed by atoms with Gasteiger partial charge in [-0.25, -0.2) is 0 Å². The fourth-order valence-corrected chi connectivity index (χ4v) is 2.86. The molecule has 0 fully saturated rings. The second-order valence-corrected chi connectivity index (χ2v) is 5.46. The van der Waals surface area contributed by atoms with E-state index in [1.807, 2.05) is 12.1 Å². The van der Waals surface area contributed by atoms with Crippen molar-refractivity contribution in [3.8, 4) is 0 Å². The minimum absolute atomic E-state index is 0.502. The van der Waals surface area contributed by atoms with Crippen molar-refractivity contribution in [1.82, 2.24) is 0 Å². The molecule has 0 saturated heterocycles. The van der Waals surface area contributed by atoms with Crippen LogP contribution in [-0.2, 0) is 6.42 Å². The molecule has 0 saturated carbocycles. The first-order valence-electron chi connectivity index (χ1n) is 5.74. The molecule has 0 radical (unpaired) electrons. The fourth-order valence-electron chi connectivity index (χ4n) is 1.63. The van der Waals surface area contributed by atoms with Crippen LogP contribution in [0.15, 0.2) is 52.3 Å². The Morgan fingerprint density at radius 2 is 1.94 bits per heavy atom. The van der Waals surface area contributed by atoms with Crippen molar-refractivity contribution in [2.24, 2.45) is 0 Å². The lowest BCUT2D eigenvalue weighted by Gasteiger charge is -2.05. The molecule has 0 aromatic heterocycles. The summed E-state index contributed by atoms with van der Waals surface area (Å²) in [6.07, 6.45) is 1.80. The molecule has 0 N–H and O–H groups in total. The summed E-state index contributed by atoms with van der Waals surface area (Å²) in [6, 6.07) is 13.9. The number of hydrogen-bond donors (Lipinski definition) is 0. The number of rotatable bonds is 4. The van der Waals surface area contributed by atoms with Crippen LogP contribution in [0.3, 0.4) is 0 Å². The van der Waals surface area contributed by atoms with E-state index in [1.54, 1.807) is 17.8 Å². The van der Waals surface area contributed by atoms with Gasteiger partial charge in [-0.1, -0.05) is 42.4 Å². The Kier molecular flexibility index (Phi) is 4.45. The summed E-state index contributed by atoms with van der Waals surface area (Å²) in [5.74, 6) is 0. The first-order valence-corrected chi connectivity index (χ1v) is 6.94. The predicted molar refractivity (Wildman–Crippen MR) is 76.8 cm³/mol. The number of aryl methyl sites for hydroxylation is 1. The Labute approximate surface area is 116 Å². The van der Waals surface area contributed by atoms with Crippen molar-refractivity contribution in [2.45, 2.75) is 23.1 Å². The van der Waals surface area contributed by atoms with Gasteiger partial charge in [0, 0.05) is 15.4 Å². The quantitative estimate of drug-likeness (QED) is 0.742. The van der Waals surface area contributed by atoms with Gasteiger partial charge in [-0.2, -0.15) is 0 Å². The van der Waals surface area contributed by atoms with Crippen molar-refractivity contribution in [2.75, 3.05) is 0 Å². The van der Waals surface area contributed by atoms with Gasteiger partial charge in [0.25, 0.3) is 0 Å². The van der Waals surface area contributed by atoms with Gasteiger partial charge in [0.05, 0.1) is 5.02 Å². The molecule has 0 heterocycles. The summed E-state index contributed by atoms with van der Waals surface area (Å²) >= 11 is 7.66. The van der Waals surface area contributed by atoms with Crippen LogP contribution in [0.2, 0.25) is 5.02 Å². The van der Waals surface area contributed by atoms with Crippen LogP contribution < -0.4 is 0 Å². The third-order valence-electron chi connectivity index (χ3n) is 2.64. The van der Waals surface area contributed by atoms with E-state index >= 15 is 0 Å². The van der Waals surface area contributed by atoms with Crippen LogP contribution in [0.5, 0.6) is 0 Å². The third-order valence-corrected chi connectivity index (χ3v) is 3.95. The molecular formula is C15H13ClOS. The number of benzene rings is 2. The summed E-state index contributed by atoms with van der Waals surface area (Å²) < 4.78 is 0. The molecule has 0 atom stereocenters. The van der Waals surface area contributed by atoms with E-state index in [2.05, 4.69) is 31.2 Å². The fraction of sp³-hybridized carbons (Fsp3) is 0.133. The van der Waals surface area contributed by atoms with Crippen LogP contribution in [-0.4, -0.2) is 6.29 Å². The highest BCUT2D eigenvalue weighted by Crippen LogP contribution is 2.30. The van der Waals surface area contributed by atoms with E-state index in [0.717, 1.165) is 17.6 Å². The third kappa shape index (κ3) is 3.15. The van der Waals surface area contributed by atoms with Gasteiger partial charge in [0.1, 0.15) is 0 Å². The van der Waals surface area contributed by atoms with E-state index < -0.39 is 0 Å². The molecule has 0 bridgehead atoms. The van der Waals surface area contributed by atoms with Gasteiger partial charge >= 0.3 is 0 Å². The summed E-state index contributed by atoms with van der Waals surface area (Å²) in [5, 5.41) is 0.502. The lowest BCUT2D eigenvalue weighted by atomic mass is 10.2. The monoisotopic (exact) mass is 276 g/mol. The maximum Gasteiger partial charge on any atom is 0.151 e. The first kappa shape index (κ1) is 13.2. The Bertz CT molecular complexity index is 566. The van der Waals surface area contributed by atoms with Crippen LogP contribution in [0.4, 0.5) is 0 Å². The molecule has 0 spiro atoms. The average Bonchev–Trinajstić information content (AvgIpc) is 2.39. The van der Waals surface area contributed by atoms with E-state index in [-0.39, 0.29) is 0 Å². The van der Waals surface area contributed by atoms with Crippen LogP contribution in [0.1, 0.15) is 22.8 Å². The zero-order valence-electron chi connectivity index (χ0n) is 10.0. The van der Waals surface area contributed by atoms with Crippen molar-refractivity contribution in [3.05, 3.63) is 58.6 Å². The number of hydrogen-bond acceptors (Lipinski definition) is 2. The molecule has 0 aliphatic carbocycles. The van der Waals surface area contributed by atoms with Gasteiger partial charge in [0.2, 0.25) is 0 Å². The zero-order valence-corrected chi connectivity index (χ0v) is 11.6. The molecule has 3 heteroatoms. The van der Waals surface area contributed by atoms with Crippen molar-refractivity contribution in [1.29, 1.82) is 0 Å². The molecule has 2 aromatic rings. The minimum atomic E-state index is 0.502. The standard InChI is InChI=1S/C15H13ClOS/c1-2-11-4-3-5-13(8-11)18-14-7-6-12(10-17)15(16)9-14/h3-10H,2H2,1H3. The zero-order chi connectivity index (χ0) is 13.0. The predicted octanol–water partition coefficient (Wildman–Crippen LogP) is 4.87. The average molecular weight is 277 g/mol. The van der Waals surface area contributed by atoms with Gasteiger partial charge in [-0.3, -0.25) is 4.79 Å². The normalized spacial score (nSPS) is 10.3. The highest BCUT2D eigenvalue weighted by Gasteiger charge is 2.03. The molecule has 0 aliphatic rings. The van der Waals surface area contributed by atoms with Crippen LogP contribution >= 0.6 is 23.4 Å². The second kappa shape index (κ2) is 6.07. The molecule has 92 valence electrons. The number of halogens is 1. The molecule has 0 amide bonds. The summed E-state index contributed by atoms with van der Waals surface area (Å²) in [5.41, 5.74) is 1.85. The number of aldehydes is 1. The molecular weight excluding hydrogens is 264 g/mol. The Morgan fingerprint density at radius 1 is 1.17 bits per heavy atom. The number of carbonyl (C=O) groups excluding carboxylic acids is 1. The summed E-state index contributed by atoms with van der Waals surface area (Å²) in [7, 11) is 0. The van der Waals surface area contributed by atoms with Gasteiger partial charge in [0.15, 0.2) is 6.29 Å².